The molecule has 1 aliphatic rings. The number of halogens is 3. The maximum absolute atomic E-state index is 12.3. The van der Waals surface area contributed by atoms with E-state index in [1.807, 2.05) is 19.1 Å². The molecule has 0 aliphatic carbocycles. The first-order valence-electron chi connectivity index (χ1n) is 6.50. The van der Waals surface area contributed by atoms with Crippen molar-refractivity contribution >= 4 is 0 Å². The molecule has 1 aliphatic heterocycles. The summed E-state index contributed by atoms with van der Waals surface area (Å²) in [5.74, 6) is 1.13. The van der Waals surface area contributed by atoms with Gasteiger partial charge in [0.15, 0.2) is 0 Å². The van der Waals surface area contributed by atoms with E-state index in [2.05, 4.69) is 5.32 Å². The van der Waals surface area contributed by atoms with Gasteiger partial charge < -0.3 is 9.73 Å². The van der Waals surface area contributed by atoms with Gasteiger partial charge in [-0.05, 0) is 44.5 Å². The molecule has 2 rings (SSSR count). The summed E-state index contributed by atoms with van der Waals surface area (Å²) < 4.78 is 42.1. The quantitative estimate of drug-likeness (QED) is 0.896. The molecule has 1 fully saturated rings. The van der Waals surface area contributed by atoms with Crippen LogP contribution in [-0.2, 0) is 0 Å². The van der Waals surface area contributed by atoms with Gasteiger partial charge in [-0.15, -0.1) is 0 Å². The molecule has 1 saturated heterocycles. The van der Waals surface area contributed by atoms with Crippen LogP contribution in [0.4, 0.5) is 13.2 Å². The Morgan fingerprint density at radius 2 is 2.32 bits per heavy atom. The van der Waals surface area contributed by atoms with E-state index < -0.39 is 12.7 Å². The van der Waals surface area contributed by atoms with Crippen molar-refractivity contribution in [2.24, 2.45) is 5.92 Å². The summed E-state index contributed by atoms with van der Waals surface area (Å²) in [6, 6.07) is 3.81. The number of rotatable bonds is 5. The highest BCUT2D eigenvalue weighted by molar-refractivity contribution is 5.03. The monoisotopic (exact) mass is 276 g/mol. The Morgan fingerprint density at radius 1 is 1.53 bits per heavy atom. The zero-order valence-electron chi connectivity index (χ0n) is 10.9. The lowest BCUT2D eigenvalue weighted by atomic mass is 10.1. The molecule has 0 aromatic carbocycles. The fraction of sp³-hybridized carbons (Fsp3) is 0.692. The van der Waals surface area contributed by atoms with Gasteiger partial charge in [-0.25, -0.2) is 0 Å². The first-order chi connectivity index (χ1) is 8.94. The van der Waals surface area contributed by atoms with Gasteiger partial charge in [0.25, 0.3) is 0 Å². The number of nitrogens with zero attached hydrogens (tertiary/aromatic N) is 1. The van der Waals surface area contributed by atoms with E-state index in [0.717, 1.165) is 18.7 Å². The van der Waals surface area contributed by atoms with Crippen LogP contribution in [0.5, 0.6) is 0 Å². The second kappa shape index (κ2) is 5.96. The third-order valence-electron chi connectivity index (χ3n) is 3.46. The Labute approximate surface area is 110 Å². The second-order valence-corrected chi connectivity index (χ2v) is 5.15. The lowest BCUT2D eigenvalue weighted by molar-refractivity contribution is -0.143. The molecule has 1 N–H and O–H groups in total. The summed E-state index contributed by atoms with van der Waals surface area (Å²) in [4.78, 5) is 1.48. The number of alkyl halides is 3. The SMILES string of the molecule is CC(NCC1CCN(CC(F)(F)F)C1)c1ccco1. The molecule has 108 valence electrons. The van der Waals surface area contributed by atoms with Gasteiger partial charge in [0.1, 0.15) is 5.76 Å². The summed E-state index contributed by atoms with van der Waals surface area (Å²) in [5, 5.41) is 3.31. The van der Waals surface area contributed by atoms with Crippen LogP contribution < -0.4 is 5.32 Å². The van der Waals surface area contributed by atoms with E-state index in [1.54, 1.807) is 6.26 Å². The number of nitrogens with one attached hydrogen (secondary N) is 1. The van der Waals surface area contributed by atoms with Gasteiger partial charge in [-0.2, -0.15) is 13.2 Å². The molecular formula is C13H19F3N2O. The summed E-state index contributed by atoms with van der Waals surface area (Å²) >= 11 is 0. The Morgan fingerprint density at radius 3 is 2.95 bits per heavy atom. The minimum Gasteiger partial charge on any atom is -0.468 e. The largest absolute Gasteiger partial charge is 0.468 e. The van der Waals surface area contributed by atoms with Crippen molar-refractivity contribution in [3.63, 3.8) is 0 Å². The lowest BCUT2D eigenvalue weighted by Crippen LogP contribution is -2.34. The summed E-state index contributed by atoms with van der Waals surface area (Å²) in [6.07, 6.45) is -1.66. The third kappa shape index (κ3) is 4.54. The molecule has 0 amide bonds. The zero-order valence-corrected chi connectivity index (χ0v) is 10.9. The van der Waals surface area contributed by atoms with Crippen molar-refractivity contribution in [3.05, 3.63) is 24.2 Å². The first kappa shape index (κ1) is 14.4. The van der Waals surface area contributed by atoms with Crippen LogP contribution in [0.1, 0.15) is 25.1 Å². The van der Waals surface area contributed by atoms with Gasteiger partial charge >= 0.3 is 6.18 Å². The van der Waals surface area contributed by atoms with Crippen molar-refractivity contribution < 1.29 is 17.6 Å². The summed E-state index contributed by atoms with van der Waals surface area (Å²) in [7, 11) is 0. The Balaban J connectivity index is 1.71. The van der Waals surface area contributed by atoms with Crippen LogP contribution in [0.3, 0.4) is 0 Å². The number of hydrogen-bond donors (Lipinski definition) is 1. The van der Waals surface area contributed by atoms with Crippen LogP contribution in [0, 0.1) is 5.92 Å². The zero-order chi connectivity index (χ0) is 13.9. The average molecular weight is 276 g/mol. The molecule has 2 unspecified atom stereocenters. The molecule has 0 spiro atoms. The summed E-state index contributed by atoms with van der Waals surface area (Å²) in [5.41, 5.74) is 0. The minimum atomic E-state index is -4.09. The van der Waals surface area contributed by atoms with Crippen molar-refractivity contribution in [3.8, 4) is 0 Å². The minimum absolute atomic E-state index is 0.0895. The fourth-order valence-electron chi connectivity index (χ4n) is 2.46. The Hall–Kier alpha value is -1.01. The normalized spacial score (nSPS) is 22.8. The van der Waals surface area contributed by atoms with Crippen molar-refractivity contribution in [1.29, 1.82) is 0 Å². The van der Waals surface area contributed by atoms with Crippen molar-refractivity contribution in [2.45, 2.75) is 25.6 Å². The van der Waals surface area contributed by atoms with Crippen LogP contribution in [0.25, 0.3) is 0 Å². The maximum Gasteiger partial charge on any atom is 0.401 e. The second-order valence-electron chi connectivity index (χ2n) is 5.15. The number of furan rings is 1. The molecule has 1 aromatic rings. The van der Waals surface area contributed by atoms with Gasteiger partial charge in [0, 0.05) is 6.54 Å². The van der Waals surface area contributed by atoms with Gasteiger partial charge in [0.2, 0.25) is 0 Å². The fourth-order valence-corrected chi connectivity index (χ4v) is 2.46. The molecule has 0 saturated carbocycles. The first-order valence-corrected chi connectivity index (χ1v) is 6.50. The Bertz CT molecular complexity index is 378. The number of likely N-dealkylation sites (tertiary alicyclic amines) is 1. The van der Waals surface area contributed by atoms with Crippen molar-refractivity contribution in [2.75, 3.05) is 26.2 Å². The lowest BCUT2D eigenvalue weighted by Gasteiger charge is -2.19. The topological polar surface area (TPSA) is 28.4 Å². The van der Waals surface area contributed by atoms with Crippen LogP contribution in [-0.4, -0.2) is 37.3 Å². The predicted molar refractivity (Wildman–Crippen MR) is 65.7 cm³/mol. The molecule has 2 atom stereocenters. The van der Waals surface area contributed by atoms with Gasteiger partial charge in [-0.1, -0.05) is 0 Å². The average Bonchev–Trinajstić information content (AvgIpc) is 2.94. The van der Waals surface area contributed by atoms with E-state index in [-0.39, 0.29) is 12.0 Å². The highest BCUT2D eigenvalue weighted by atomic mass is 19.4. The molecule has 3 nitrogen and oxygen atoms in total. The molecule has 19 heavy (non-hydrogen) atoms. The van der Waals surface area contributed by atoms with Crippen molar-refractivity contribution in [1.82, 2.24) is 10.2 Å². The third-order valence-corrected chi connectivity index (χ3v) is 3.46. The van der Waals surface area contributed by atoms with Crippen LogP contribution >= 0.6 is 0 Å². The van der Waals surface area contributed by atoms with E-state index in [1.165, 1.54) is 4.90 Å². The molecular weight excluding hydrogens is 257 g/mol. The molecule has 0 radical (unpaired) electrons. The highest BCUT2D eigenvalue weighted by Gasteiger charge is 2.34. The molecule has 2 heterocycles. The molecule has 0 bridgehead atoms. The predicted octanol–water partition coefficient (Wildman–Crippen LogP) is 2.81. The smallest absolute Gasteiger partial charge is 0.401 e. The molecule has 6 heteroatoms. The van der Waals surface area contributed by atoms with E-state index in [0.29, 0.717) is 13.1 Å². The van der Waals surface area contributed by atoms with E-state index in [4.69, 9.17) is 4.42 Å². The molecule has 1 aromatic heterocycles. The standard InChI is InChI=1S/C13H19F3N2O/c1-10(12-3-2-6-19-12)17-7-11-4-5-18(8-11)9-13(14,15)16/h2-3,6,10-11,17H,4-5,7-9H2,1H3. The maximum atomic E-state index is 12.3. The Kier molecular flexibility index (Phi) is 4.52. The van der Waals surface area contributed by atoms with Crippen LogP contribution in [0.15, 0.2) is 22.8 Å². The van der Waals surface area contributed by atoms with Crippen LogP contribution in [0.2, 0.25) is 0 Å². The van der Waals surface area contributed by atoms with Gasteiger partial charge in [0.05, 0.1) is 18.8 Å². The number of hydrogen-bond acceptors (Lipinski definition) is 3. The summed E-state index contributed by atoms with van der Waals surface area (Å²) in [6.45, 7) is 2.95. The van der Waals surface area contributed by atoms with E-state index in [9.17, 15) is 13.2 Å². The highest BCUT2D eigenvalue weighted by Crippen LogP contribution is 2.23. The van der Waals surface area contributed by atoms with Gasteiger partial charge in [-0.3, -0.25) is 4.90 Å². The van der Waals surface area contributed by atoms with E-state index >= 15 is 0 Å².